The smallest absolute Gasteiger partial charge is 0.282 e. The lowest BCUT2D eigenvalue weighted by atomic mass is 10.0. The Morgan fingerprint density at radius 2 is 1.36 bits per heavy atom. The van der Waals surface area contributed by atoms with Gasteiger partial charge in [0.15, 0.2) is 0 Å². The molecule has 6 heteroatoms. The molecule has 2 aliphatic heterocycles. The number of imide groups is 1. The first-order chi connectivity index (χ1) is 16.0. The van der Waals surface area contributed by atoms with Gasteiger partial charge in [-0.25, -0.2) is 4.90 Å². The number of amides is 2. The van der Waals surface area contributed by atoms with E-state index in [0.717, 1.165) is 24.5 Å². The van der Waals surface area contributed by atoms with E-state index in [9.17, 15) is 9.59 Å². The average Bonchev–Trinajstić information content (AvgIpc) is 3.47. The monoisotopic (exact) mass is 457 g/mol. The first kappa shape index (κ1) is 21.3. The molecule has 2 aliphatic rings. The van der Waals surface area contributed by atoms with Gasteiger partial charge in [0.25, 0.3) is 11.8 Å². The molecule has 5 nitrogen and oxygen atoms in total. The van der Waals surface area contributed by atoms with Crippen LogP contribution in [0, 0.1) is 0 Å². The Hall–Kier alpha value is -3.57. The van der Waals surface area contributed by atoms with Gasteiger partial charge in [0.2, 0.25) is 0 Å². The van der Waals surface area contributed by atoms with Gasteiger partial charge in [0, 0.05) is 36.5 Å². The molecule has 166 valence electrons. The second-order valence-corrected chi connectivity index (χ2v) is 8.72. The summed E-state index contributed by atoms with van der Waals surface area (Å²) in [7, 11) is 1.81. The molecular formula is C27H24ClN3O2. The van der Waals surface area contributed by atoms with E-state index in [4.69, 9.17) is 11.6 Å². The number of hydrogen-bond acceptors (Lipinski definition) is 4. The van der Waals surface area contributed by atoms with Crippen LogP contribution in [0.3, 0.4) is 0 Å². The van der Waals surface area contributed by atoms with Crippen LogP contribution in [0.5, 0.6) is 0 Å². The molecule has 0 aromatic heterocycles. The van der Waals surface area contributed by atoms with Crippen molar-refractivity contribution in [1.82, 2.24) is 0 Å². The first-order valence-electron chi connectivity index (χ1n) is 11.1. The summed E-state index contributed by atoms with van der Waals surface area (Å²) in [6, 6.07) is 24.3. The molecule has 3 aromatic carbocycles. The SMILES string of the molecule is CN(C1=C(c2ccc(Cl)cc2)C(=O)N(c2ccc(N3CCCC3)cc2)C1=O)c1ccccc1. The molecule has 0 atom stereocenters. The van der Waals surface area contributed by atoms with Crippen molar-refractivity contribution in [3.05, 3.63) is 95.1 Å². The highest BCUT2D eigenvalue weighted by molar-refractivity contribution is 6.46. The minimum absolute atomic E-state index is 0.339. The van der Waals surface area contributed by atoms with Crippen molar-refractivity contribution >= 4 is 46.1 Å². The van der Waals surface area contributed by atoms with Gasteiger partial charge < -0.3 is 9.80 Å². The maximum atomic E-state index is 13.7. The molecule has 1 fully saturated rings. The summed E-state index contributed by atoms with van der Waals surface area (Å²) in [5.74, 6) is -0.681. The third-order valence-corrected chi connectivity index (χ3v) is 6.50. The molecule has 1 saturated heterocycles. The Kier molecular flexibility index (Phi) is 5.65. The zero-order valence-electron chi connectivity index (χ0n) is 18.4. The Morgan fingerprint density at radius 3 is 2.00 bits per heavy atom. The largest absolute Gasteiger partial charge is 0.372 e. The maximum absolute atomic E-state index is 13.7. The quantitative estimate of drug-likeness (QED) is 0.484. The van der Waals surface area contributed by atoms with Crippen molar-refractivity contribution in [3.8, 4) is 0 Å². The third kappa shape index (κ3) is 3.89. The van der Waals surface area contributed by atoms with Gasteiger partial charge in [-0.15, -0.1) is 0 Å². The molecular weight excluding hydrogens is 434 g/mol. The zero-order chi connectivity index (χ0) is 22.9. The molecule has 5 rings (SSSR count). The van der Waals surface area contributed by atoms with Crippen LogP contribution in [0.25, 0.3) is 5.57 Å². The molecule has 0 spiro atoms. The van der Waals surface area contributed by atoms with Crippen LogP contribution in [0.4, 0.5) is 17.1 Å². The van der Waals surface area contributed by atoms with Crippen LogP contribution in [-0.4, -0.2) is 32.0 Å². The van der Waals surface area contributed by atoms with Crippen molar-refractivity contribution in [2.24, 2.45) is 0 Å². The van der Waals surface area contributed by atoms with Crippen LogP contribution >= 0.6 is 11.6 Å². The van der Waals surface area contributed by atoms with Crippen LogP contribution < -0.4 is 14.7 Å². The van der Waals surface area contributed by atoms with Gasteiger partial charge in [0.05, 0.1) is 11.3 Å². The van der Waals surface area contributed by atoms with Gasteiger partial charge in [-0.1, -0.05) is 41.9 Å². The van der Waals surface area contributed by atoms with Gasteiger partial charge in [-0.2, -0.15) is 0 Å². The summed E-state index contributed by atoms with van der Waals surface area (Å²) in [6.45, 7) is 2.07. The molecule has 0 saturated carbocycles. The number of hydrogen-bond donors (Lipinski definition) is 0. The lowest BCUT2D eigenvalue weighted by molar-refractivity contribution is -0.120. The molecule has 3 aromatic rings. The molecule has 0 unspecified atom stereocenters. The van der Waals surface area contributed by atoms with Gasteiger partial charge in [-0.05, 0) is 66.9 Å². The van der Waals surface area contributed by atoms with Crippen molar-refractivity contribution < 1.29 is 9.59 Å². The Labute approximate surface area is 198 Å². The number of nitrogens with zero attached hydrogens (tertiary/aromatic N) is 3. The van der Waals surface area contributed by atoms with Gasteiger partial charge >= 0.3 is 0 Å². The van der Waals surface area contributed by atoms with E-state index < -0.39 is 0 Å². The fourth-order valence-corrected chi connectivity index (χ4v) is 4.64. The summed E-state index contributed by atoms with van der Waals surface area (Å²) in [5, 5.41) is 0.573. The Morgan fingerprint density at radius 1 is 0.758 bits per heavy atom. The molecule has 2 amide bonds. The molecule has 0 bridgehead atoms. The molecule has 0 aliphatic carbocycles. The van der Waals surface area contributed by atoms with E-state index in [1.807, 2.05) is 61.6 Å². The summed E-state index contributed by atoms with van der Waals surface area (Å²) >= 11 is 6.08. The van der Waals surface area contributed by atoms with E-state index in [-0.39, 0.29) is 11.8 Å². The van der Waals surface area contributed by atoms with Gasteiger partial charge in [0.1, 0.15) is 5.70 Å². The van der Waals surface area contributed by atoms with Crippen LogP contribution in [0.2, 0.25) is 5.02 Å². The number of anilines is 3. The number of carbonyl (C=O) groups excluding carboxylic acids is 2. The fraction of sp³-hybridized carbons (Fsp3) is 0.185. The standard InChI is InChI=1S/C27H24ClN3O2/c1-29(21-7-3-2-4-8-21)25-24(19-9-11-20(28)12-10-19)26(32)31(27(25)33)23-15-13-22(14-16-23)30-17-5-6-18-30/h2-4,7-16H,5-6,17-18H2,1H3. The second kappa shape index (κ2) is 8.75. The predicted octanol–water partition coefficient (Wildman–Crippen LogP) is 5.36. The lowest BCUT2D eigenvalue weighted by Gasteiger charge is -2.22. The van der Waals surface area contributed by atoms with Crippen molar-refractivity contribution in [2.75, 3.05) is 34.8 Å². The van der Waals surface area contributed by atoms with Crippen molar-refractivity contribution in [1.29, 1.82) is 0 Å². The Balaban J connectivity index is 1.56. The number of halogens is 1. The number of benzene rings is 3. The highest BCUT2D eigenvalue weighted by Crippen LogP contribution is 2.37. The first-order valence-corrected chi connectivity index (χ1v) is 11.4. The lowest BCUT2D eigenvalue weighted by Crippen LogP contribution is -2.34. The Bertz CT molecular complexity index is 1210. The highest BCUT2D eigenvalue weighted by atomic mass is 35.5. The van der Waals surface area contributed by atoms with Gasteiger partial charge in [-0.3, -0.25) is 9.59 Å². The normalized spacial score (nSPS) is 16.2. The number of likely N-dealkylation sites (N-methyl/N-ethyl adjacent to an activating group) is 1. The average molecular weight is 458 g/mol. The summed E-state index contributed by atoms with van der Waals surface area (Å²) in [5.41, 5.74) is 3.88. The van der Waals surface area contributed by atoms with Crippen molar-refractivity contribution in [2.45, 2.75) is 12.8 Å². The molecule has 0 N–H and O–H groups in total. The van der Waals surface area contributed by atoms with Crippen LogP contribution in [0.1, 0.15) is 18.4 Å². The number of carbonyl (C=O) groups is 2. The molecule has 2 heterocycles. The minimum atomic E-state index is -0.342. The summed E-state index contributed by atoms with van der Waals surface area (Å²) in [4.78, 5) is 32.7. The molecule has 0 radical (unpaired) electrons. The third-order valence-electron chi connectivity index (χ3n) is 6.25. The van der Waals surface area contributed by atoms with E-state index in [0.29, 0.717) is 27.5 Å². The highest BCUT2D eigenvalue weighted by Gasteiger charge is 2.42. The minimum Gasteiger partial charge on any atom is -0.372 e. The van der Waals surface area contributed by atoms with E-state index in [1.54, 1.807) is 29.2 Å². The molecule has 33 heavy (non-hydrogen) atoms. The van der Waals surface area contributed by atoms with Crippen LogP contribution in [0.15, 0.2) is 84.6 Å². The summed E-state index contributed by atoms with van der Waals surface area (Å²) < 4.78 is 0. The second-order valence-electron chi connectivity index (χ2n) is 8.28. The van der Waals surface area contributed by atoms with E-state index in [2.05, 4.69) is 4.90 Å². The van der Waals surface area contributed by atoms with Crippen LogP contribution in [-0.2, 0) is 9.59 Å². The fourth-order valence-electron chi connectivity index (χ4n) is 4.51. The number of rotatable bonds is 5. The van der Waals surface area contributed by atoms with E-state index >= 15 is 0 Å². The number of para-hydroxylation sites is 1. The van der Waals surface area contributed by atoms with E-state index in [1.165, 1.54) is 17.7 Å². The summed E-state index contributed by atoms with van der Waals surface area (Å²) in [6.07, 6.45) is 2.38. The zero-order valence-corrected chi connectivity index (χ0v) is 19.1. The topological polar surface area (TPSA) is 43.9 Å². The maximum Gasteiger partial charge on any atom is 0.282 e. The van der Waals surface area contributed by atoms with Crippen molar-refractivity contribution in [3.63, 3.8) is 0 Å². The predicted molar refractivity (Wildman–Crippen MR) is 134 cm³/mol.